The third-order valence-corrected chi connectivity index (χ3v) is 17.4. The van der Waals surface area contributed by atoms with Gasteiger partial charge in [0.05, 0.1) is 43.2 Å². The largest absolute Gasteiger partial charge is 0.390 e. The summed E-state index contributed by atoms with van der Waals surface area (Å²) in [5, 5.41) is 34.2. The van der Waals surface area contributed by atoms with Crippen LogP contribution in [0.1, 0.15) is 99.8 Å². The van der Waals surface area contributed by atoms with Gasteiger partial charge < -0.3 is 39.2 Å². The molecule has 0 aromatic heterocycles. The Balaban J connectivity index is 0.951. The highest BCUT2D eigenvalue weighted by Crippen LogP contribution is 2.89. The van der Waals surface area contributed by atoms with Crippen LogP contribution in [0.15, 0.2) is 0 Å². The molecule has 3 N–H and O–H groups in total. The van der Waals surface area contributed by atoms with E-state index < -0.39 is 23.9 Å². The predicted molar refractivity (Wildman–Crippen MR) is 191 cm³/mol. The van der Waals surface area contributed by atoms with Gasteiger partial charge in [0.2, 0.25) is 0 Å². The second-order valence-corrected chi connectivity index (χ2v) is 20.5. The third-order valence-electron chi connectivity index (χ3n) is 17.4. The van der Waals surface area contributed by atoms with Crippen LogP contribution in [0.2, 0.25) is 0 Å². The maximum Gasteiger partial charge on any atom is 0.170 e. The van der Waals surface area contributed by atoms with E-state index in [4.69, 9.17) is 18.9 Å². The van der Waals surface area contributed by atoms with Crippen molar-refractivity contribution in [1.29, 1.82) is 0 Å². The van der Waals surface area contributed by atoms with E-state index in [1.165, 1.54) is 38.8 Å². The molecule has 0 unspecified atom stereocenters. The molecule has 3 heterocycles. The van der Waals surface area contributed by atoms with Gasteiger partial charge >= 0.3 is 0 Å². The molecular weight excluding hydrogens is 632 g/mol. The zero-order valence-corrected chi connectivity index (χ0v) is 32.5. The molecule has 9 nitrogen and oxygen atoms in total. The molecule has 50 heavy (non-hydrogen) atoms. The molecule has 0 radical (unpaired) electrons. The van der Waals surface area contributed by atoms with Crippen molar-refractivity contribution in [2.24, 2.45) is 56.7 Å². The first-order valence-corrected chi connectivity index (χ1v) is 20.5. The standard InChI is InChI=1S/C41H70N2O7/c1-25-19-27(34(44)37(4,5)46)49-33-32(25)38(6)13-14-41-24-40(41)12-11-30(36(2,3)28(40)9-10-29(41)39(38,7)35(33)45)50-31-23-43(16-18-48-31)22-26-20-42(21-26)15-17-47-8/h25-35,44-46H,9-24H2,1-8H3/t25-,27-,28+,29+,30+,31+,32+,33+,34+,35+,38-,39-,40-,41+/m1/s1. The number of nitrogens with zero attached hydrogens (tertiary/aromatic N) is 2. The number of methoxy groups -OCH3 is 1. The number of fused-ring (bicyclic) bond motifs is 4. The van der Waals surface area contributed by atoms with E-state index in [1.807, 2.05) is 0 Å². The first kappa shape index (κ1) is 36.6. The maximum atomic E-state index is 12.5. The Hall–Kier alpha value is -0.360. The smallest absolute Gasteiger partial charge is 0.170 e. The van der Waals surface area contributed by atoms with Crippen LogP contribution in [0.25, 0.3) is 0 Å². The molecule has 0 amide bonds. The first-order chi connectivity index (χ1) is 23.5. The molecule has 3 saturated heterocycles. The predicted octanol–water partition coefficient (Wildman–Crippen LogP) is 4.55. The molecule has 286 valence electrons. The summed E-state index contributed by atoms with van der Waals surface area (Å²) in [7, 11) is 1.78. The van der Waals surface area contributed by atoms with Crippen LogP contribution in [0.3, 0.4) is 0 Å². The van der Waals surface area contributed by atoms with Crippen molar-refractivity contribution in [1.82, 2.24) is 9.80 Å². The van der Waals surface area contributed by atoms with Gasteiger partial charge in [-0.1, -0.05) is 34.6 Å². The second-order valence-electron chi connectivity index (χ2n) is 20.5. The van der Waals surface area contributed by atoms with Crippen molar-refractivity contribution in [3.05, 3.63) is 0 Å². The van der Waals surface area contributed by atoms with Crippen LogP contribution in [0.5, 0.6) is 0 Å². The fourth-order valence-corrected chi connectivity index (χ4v) is 14.9. The molecule has 5 saturated carbocycles. The highest BCUT2D eigenvalue weighted by Gasteiger charge is 2.84. The topological polar surface area (TPSA) is 104 Å². The molecule has 8 rings (SSSR count). The van der Waals surface area contributed by atoms with Gasteiger partial charge in [0, 0.05) is 51.8 Å². The normalized spacial score (nSPS) is 51.1. The minimum Gasteiger partial charge on any atom is -0.390 e. The molecule has 3 aliphatic heterocycles. The van der Waals surface area contributed by atoms with Crippen LogP contribution in [0, 0.1) is 56.7 Å². The van der Waals surface area contributed by atoms with Crippen LogP contribution in [0.4, 0.5) is 0 Å². The summed E-state index contributed by atoms with van der Waals surface area (Å²) < 4.78 is 25.3. The molecule has 0 aromatic carbocycles. The van der Waals surface area contributed by atoms with Gasteiger partial charge in [0.25, 0.3) is 0 Å². The van der Waals surface area contributed by atoms with Gasteiger partial charge in [-0.3, -0.25) is 4.90 Å². The minimum atomic E-state index is -1.25. The Morgan fingerprint density at radius 3 is 2.40 bits per heavy atom. The van der Waals surface area contributed by atoms with Gasteiger partial charge in [-0.2, -0.15) is 0 Å². The SMILES string of the molecule is COCCN1CC(CN2CCO[C@@H](O[C@H]3CC[C@]45C[C@]46CC[C@]4(C)[C@@H]7[C@H](O[C@@H]([C@H](O)C(C)(C)O)C[C@H]7C)[C@H](O)[C@@]4(C)[C@@H]6CC[C@H]5C3(C)C)C2)C1. The summed E-state index contributed by atoms with van der Waals surface area (Å²) in [6.45, 7) is 23.5. The molecular formula is C41H70N2O7. The van der Waals surface area contributed by atoms with Crippen molar-refractivity contribution in [3.63, 3.8) is 0 Å². The molecule has 9 heteroatoms. The summed E-state index contributed by atoms with van der Waals surface area (Å²) in [5.41, 5.74) is -0.817. The van der Waals surface area contributed by atoms with E-state index >= 15 is 0 Å². The maximum absolute atomic E-state index is 12.5. The minimum absolute atomic E-state index is 0.0184. The van der Waals surface area contributed by atoms with E-state index in [1.54, 1.807) is 21.0 Å². The lowest BCUT2D eigenvalue weighted by Crippen LogP contribution is -2.60. The highest BCUT2D eigenvalue weighted by atomic mass is 16.7. The van der Waals surface area contributed by atoms with E-state index in [9.17, 15) is 15.3 Å². The summed E-state index contributed by atoms with van der Waals surface area (Å²) in [5.74, 6) is 2.39. The van der Waals surface area contributed by atoms with Gasteiger partial charge in [-0.15, -0.1) is 0 Å². The summed E-state index contributed by atoms with van der Waals surface area (Å²) in [6.07, 6.45) is 6.82. The number of aliphatic hydroxyl groups excluding tert-OH is 2. The Morgan fingerprint density at radius 2 is 1.68 bits per heavy atom. The van der Waals surface area contributed by atoms with Crippen LogP contribution in [-0.4, -0.2) is 127 Å². The van der Waals surface area contributed by atoms with Crippen LogP contribution in [-0.2, 0) is 18.9 Å². The Kier molecular flexibility index (Phi) is 9.02. The average Bonchev–Trinajstić information content (AvgIpc) is 3.67. The fourth-order valence-electron chi connectivity index (χ4n) is 14.9. The Bertz CT molecular complexity index is 1270. The molecule has 8 fully saturated rings. The van der Waals surface area contributed by atoms with Crippen molar-refractivity contribution in [2.45, 2.75) is 142 Å². The number of hydrogen-bond acceptors (Lipinski definition) is 9. The Morgan fingerprint density at radius 1 is 0.960 bits per heavy atom. The lowest BCUT2D eigenvalue weighted by molar-refractivity contribution is -0.249. The quantitative estimate of drug-likeness (QED) is 0.319. The zero-order chi connectivity index (χ0) is 35.6. The molecule has 2 spiro atoms. The molecule has 0 bridgehead atoms. The lowest BCUT2D eigenvalue weighted by Gasteiger charge is -2.64. The highest BCUT2D eigenvalue weighted by molar-refractivity contribution is 5.33. The second kappa shape index (κ2) is 12.3. The molecule has 8 aliphatic rings. The number of morpholine rings is 1. The monoisotopic (exact) mass is 703 g/mol. The zero-order valence-electron chi connectivity index (χ0n) is 32.5. The molecule has 5 aliphatic carbocycles. The van der Waals surface area contributed by atoms with Crippen molar-refractivity contribution in [3.8, 4) is 0 Å². The van der Waals surface area contributed by atoms with Gasteiger partial charge in [0.15, 0.2) is 6.29 Å². The Labute approximate surface area is 302 Å². The van der Waals surface area contributed by atoms with Gasteiger partial charge in [0.1, 0.15) is 6.10 Å². The van der Waals surface area contributed by atoms with E-state index in [2.05, 4.69) is 44.4 Å². The number of likely N-dealkylation sites (tertiary alicyclic amines) is 1. The number of rotatable bonds is 9. The fraction of sp³-hybridized carbons (Fsp3) is 1.00. The van der Waals surface area contributed by atoms with Crippen LogP contribution >= 0.6 is 0 Å². The number of aliphatic hydroxyl groups is 3. The van der Waals surface area contributed by atoms with E-state index in [-0.39, 0.29) is 46.1 Å². The first-order valence-electron chi connectivity index (χ1n) is 20.5. The summed E-state index contributed by atoms with van der Waals surface area (Å²) in [6, 6.07) is 0. The molecule has 14 atom stereocenters. The van der Waals surface area contributed by atoms with E-state index in [0.29, 0.717) is 23.2 Å². The van der Waals surface area contributed by atoms with Crippen molar-refractivity contribution in [2.75, 3.05) is 59.6 Å². The van der Waals surface area contributed by atoms with Crippen LogP contribution < -0.4 is 0 Å². The van der Waals surface area contributed by atoms with Crippen molar-refractivity contribution < 1.29 is 34.3 Å². The summed E-state index contributed by atoms with van der Waals surface area (Å²) >= 11 is 0. The van der Waals surface area contributed by atoms with Gasteiger partial charge in [-0.05, 0) is 116 Å². The van der Waals surface area contributed by atoms with Crippen molar-refractivity contribution >= 4 is 0 Å². The number of hydrogen-bond donors (Lipinski definition) is 3. The number of ether oxygens (including phenoxy) is 4. The average molecular weight is 703 g/mol. The molecule has 0 aromatic rings. The summed E-state index contributed by atoms with van der Waals surface area (Å²) in [4.78, 5) is 5.07. The third kappa shape index (κ3) is 5.17. The van der Waals surface area contributed by atoms with E-state index in [0.717, 1.165) is 71.0 Å². The lowest BCUT2D eigenvalue weighted by atomic mass is 9.41. The van der Waals surface area contributed by atoms with Gasteiger partial charge in [-0.25, -0.2) is 0 Å².